The smallest absolute Gasteiger partial charge is 0.306 e. The minimum absolute atomic E-state index is 0.0571. The van der Waals surface area contributed by atoms with Crippen LogP contribution in [0.5, 0.6) is 0 Å². The molecule has 0 radical (unpaired) electrons. The van der Waals surface area contributed by atoms with E-state index in [9.17, 15) is 13.2 Å². The normalized spacial score (nSPS) is 21.8. The van der Waals surface area contributed by atoms with Gasteiger partial charge < -0.3 is 4.90 Å². The zero-order valence-corrected chi connectivity index (χ0v) is 6.19. The molecule has 0 saturated carbocycles. The Hall–Kier alpha value is -0.290. The maximum atomic E-state index is 11.4. The van der Waals surface area contributed by atoms with E-state index in [1.54, 1.807) is 0 Å². The second-order valence-electron chi connectivity index (χ2n) is 2.84. The minimum Gasteiger partial charge on any atom is -0.306 e. The quantitative estimate of drug-likeness (QED) is 0.613. The van der Waals surface area contributed by atoms with Gasteiger partial charge in [0, 0.05) is 19.0 Å². The largest absolute Gasteiger partial charge is 0.522 e. The molecule has 0 N–H and O–H groups in total. The Labute approximate surface area is 62.9 Å². The van der Waals surface area contributed by atoms with Crippen molar-refractivity contribution >= 4 is 0 Å². The molecule has 5 heteroatoms. The molecule has 0 unspecified atom stereocenters. The summed E-state index contributed by atoms with van der Waals surface area (Å²) in [6.45, 7) is 1.21. The topological polar surface area (TPSA) is 12.5 Å². The first-order valence-electron chi connectivity index (χ1n) is 3.36. The molecule has 0 amide bonds. The van der Waals surface area contributed by atoms with E-state index >= 15 is 0 Å². The lowest BCUT2D eigenvalue weighted by molar-refractivity contribution is -0.330. The van der Waals surface area contributed by atoms with Gasteiger partial charge in [-0.3, -0.25) is 4.74 Å². The first-order chi connectivity index (χ1) is 4.97. The van der Waals surface area contributed by atoms with Gasteiger partial charge in [0.05, 0.1) is 6.61 Å². The Morgan fingerprint density at radius 1 is 1.45 bits per heavy atom. The van der Waals surface area contributed by atoms with E-state index in [2.05, 4.69) is 4.74 Å². The Morgan fingerprint density at radius 2 is 2.00 bits per heavy atom. The predicted molar refractivity (Wildman–Crippen MR) is 33.0 cm³/mol. The van der Waals surface area contributed by atoms with Gasteiger partial charge in [0.15, 0.2) is 0 Å². The average molecular weight is 169 g/mol. The number of likely N-dealkylation sites (tertiary alicyclic amines) is 1. The lowest BCUT2D eigenvalue weighted by atomic mass is 10.0. The SMILES string of the molecule is CN1CC(COC(F)(F)F)C1. The molecule has 66 valence electrons. The van der Waals surface area contributed by atoms with Crippen LogP contribution in [0.25, 0.3) is 0 Å². The highest BCUT2D eigenvalue weighted by molar-refractivity contribution is 4.76. The second kappa shape index (κ2) is 2.98. The second-order valence-corrected chi connectivity index (χ2v) is 2.84. The first-order valence-corrected chi connectivity index (χ1v) is 3.36. The fraction of sp³-hybridized carbons (Fsp3) is 1.00. The third-order valence-electron chi connectivity index (χ3n) is 1.62. The zero-order chi connectivity index (χ0) is 8.48. The molecule has 0 aromatic heterocycles. The summed E-state index contributed by atoms with van der Waals surface area (Å²) in [5, 5.41) is 0. The minimum atomic E-state index is -4.46. The van der Waals surface area contributed by atoms with Gasteiger partial charge in [-0.1, -0.05) is 0 Å². The van der Waals surface area contributed by atoms with Gasteiger partial charge in [0.2, 0.25) is 0 Å². The summed E-state index contributed by atoms with van der Waals surface area (Å²) in [5.41, 5.74) is 0. The van der Waals surface area contributed by atoms with Gasteiger partial charge in [-0.05, 0) is 7.05 Å². The Kier molecular flexibility index (Phi) is 2.39. The number of hydrogen-bond acceptors (Lipinski definition) is 2. The predicted octanol–water partition coefficient (Wildman–Crippen LogP) is 1.08. The van der Waals surface area contributed by atoms with Crippen LogP contribution >= 0.6 is 0 Å². The number of hydrogen-bond donors (Lipinski definition) is 0. The van der Waals surface area contributed by atoms with Gasteiger partial charge in [-0.15, -0.1) is 13.2 Å². The summed E-state index contributed by atoms with van der Waals surface area (Å²) in [6.07, 6.45) is -4.46. The van der Waals surface area contributed by atoms with E-state index < -0.39 is 6.36 Å². The van der Waals surface area contributed by atoms with Crippen LogP contribution in [0.2, 0.25) is 0 Å². The Morgan fingerprint density at radius 3 is 2.36 bits per heavy atom. The van der Waals surface area contributed by atoms with Crippen LogP contribution in [0.1, 0.15) is 0 Å². The van der Waals surface area contributed by atoms with E-state index in [0.29, 0.717) is 13.1 Å². The van der Waals surface area contributed by atoms with E-state index in [4.69, 9.17) is 0 Å². The highest BCUT2D eigenvalue weighted by atomic mass is 19.4. The summed E-state index contributed by atoms with van der Waals surface area (Å²) in [7, 11) is 1.87. The molecule has 1 rings (SSSR count). The molecule has 0 aromatic carbocycles. The zero-order valence-electron chi connectivity index (χ0n) is 6.19. The summed E-state index contributed by atoms with van der Waals surface area (Å²) in [6, 6.07) is 0. The van der Waals surface area contributed by atoms with Crippen LogP contribution in [-0.2, 0) is 4.74 Å². The number of ether oxygens (including phenoxy) is 1. The number of alkyl halides is 3. The maximum absolute atomic E-state index is 11.4. The lowest BCUT2D eigenvalue weighted by Gasteiger charge is -2.35. The van der Waals surface area contributed by atoms with Gasteiger partial charge in [0.25, 0.3) is 0 Å². The van der Waals surface area contributed by atoms with Crippen LogP contribution < -0.4 is 0 Å². The van der Waals surface area contributed by atoms with Crippen molar-refractivity contribution in [3.05, 3.63) is 0 Å². The molecule has 1 aliphatic heterocycles. The fourth-order valence-corrected chi connectivity index (χ4v) is 1.15. The number of nitrogens with zero attached hydrogens (tertiary/aromatic N) is 1. The average Bonchev–Trinajstić information content (AvgIpc) is 1.75. The summed E-state index contributed by atoms with van der Waals surface area (Å²) in [4.78, 5) is 1.95. The highest BCUT2D eigenvalue weighted by Crippen LogP contribution is 2.20. The van der Waals surface area contributed by atoms with Crippen LogP contribution in [0.4, 0.5) is 13.2 Å². The van der Waals surface area contributed by atoms with Crippen LogP contribution in [0, 0.1) is 5.92 Å². The molecule has 1 aliphatic rings. The standard InChI is InChI=1S/C6H10F3NO/c1-10-2-5(3-10)4-11-6(7,8)9/h5H,2-4H2,1H3. The molecule has 0 aromatic rings. The van der Waals surface area contributed by atoms with Crippen LogP contribution in [0.3, 0.4) is 0 Å². The van der Waals surface area contributed by atoms with E-state index in [-0.39, 0.29) is 12.5 Å². The molecule has 1 heterocycles. The van der Waals surface area contributed by atoms with Gasteiger partial charge in [-0.2, -0.15) is 0 Å². The number of halogens is 3. The van der Waals surface area contributed by atoms with E-state index in [1.807, 2.05) is 11.9 Å². The molecular weight excluding hydrogens is 159 g/mol. The molecule has 11 heavy (non-hydrogen) atoms. The summed E-state index contributed by atoms with van der Waals surface area (Å²) >= 11 is 0. The van der Waals surface area contributed by atoms with E-state index in [0.717, 1.165) is 0 Å². The first kappa shape index (κ1) is 8.80. The molecule has 1 fully saturated rings. The van der Waals surface area contributed by atoms with Gasteiger partial charge in [0.1, 0.15) is 0 Å². The Bertz CT molecular complexity index is 130. The number of rotatable bonds is 2. The molecule has 2 nitrogen and oxygen atoms in total. The van der Waals surface area contributed by atoms with E-state index in [1.165, 1.54) is 0 Å². The third kappa shape index (κ3) is 3.07. The summed E-state index contributed by atoms with van der Waals surface area (Å²) < 4.78 is 38.0. The van der Waals surface area contributed by atoms with Gasteiger partial charge in [-0.25, -0.2) is 0 Å². The third-order valence-corrected chi connectivity index (χ3v) is 1.62. The van der Waals surface area contributed by atoms with Crippen molar-refractivity contribution in [1.82, 2.24) is 4.90 Å². The summed E-state index contributed by atoms with van der Waals surface area (Å²) in [5.74, 6) is 0.0571. The van der Waals surface area contributed by atoms with Crippen molar-refractivity contribution in [1.29, 1.82) is 0 Å². The molecule has 1 saturated heterocycles. The highest BCUT2D eigenvalue weighted by Gasteiger charge is 2.33. The van der Waals surface area contributed by atoms with Crippen molar-refractivity contribution in [2.24, 2.45) is 5.92 Å². The van der Waals surface area contributed by atoms with Crippen molar-refractivity contribution < 1.29 is 17.9 Å². The van der Waals surface area contributed by atoms with Crippen LogP contribution in [0.15, 0.2) is 0 Å². The Balaban J connectivity index is 2.05. The van der Waals surface area contributed by atoms with Crippen molar-refractivity contribution in [3.63, 3.8) is 0 Å². The van der Waals surface area contributed by atoms with Crippen molar-refractivity contribution in [3.8, 4) is 0 Å². The molecule has 0 bridgehead atoms. The van der Waals surface area contributed by atoms with Crippen molar-refractivity contribution in [2.75, 3.05) is 26.7 Å². The van der Waals surface area contributed by atoms with Gasteiger partial charge >= 0.3 is 6.36 Å². The van der Waals surface area contributed by atoms with Crippen LogP contribution in [-0.4, -0.2) is 38.0 Å². The maximum Gasteiger partial charge on any atom is 0.522 e. The monoisotopic (exact) mass is 169 g/mol. The van der Waals surface area contributed by atoms with Crippen molar-refractivity contribution in [2.45, 2.75) is 6.36 Å². The molecule has 0 spiro atoms. The molecule has 0 atom stereocenters. The molecule has 0 aliphatic carbocycles. The molecular formula is C6H10F3NO. The lowest BCUT2D eigenvalue weighted by Crippen LogP contribution is -2.46. The fourth-order valence-electron chi connectivity index (χ4n) is 1.15.